The maximum Gasteiger partial charge on any atom is 0.399 e. The second kappa shape index (κ2) is 7.01. The highest BCUT2D eigenvalue weighted by Gasteiger charge is 2.20. The normalized spacial score (nSPS) is 9.67. The molecule has 0 atom stereocenters. The lowest BCUT2D eigenvalue weighted by Crippen LogP contribution is -2.35. The number of halogens is 3. The Kier molecular flexibility index (Phi) is 6.41. The third-order valence-electron chi connectivity index (χ3n) is 1.47. The number of carbonyl (C=O) groups excluding carboxylic acids is 1. The van der Waals surface area contributed by atoms with Gasteiger partial charge in [0.15, 0.2) is 10.5 Å². The van der Waals surface area contributed by atoms with E-state index in [2.05, 4.69) is 4.98 Å². The fraction of sp³-hybridized carbons (Fsp3) is 0.111. The maximum atomic E-state index is 10.4. The summed E-state index contributed by atoms with van der Waals surface area (Å²) in [5, 5.41) is 26.4. The van der Waals surface area contributed by atoms with Gasteiger partial charge in [-0.1, -0.05) is 46.9 Å². The highest BCUT2D eigenvalue weighted by Crippen LogP contribution is 2.24. The summed E-state index contributed by atoms with van der Waals surface area (Å²) in [7, 11) is 0. The van der Waals surface area contributed by atoms with E-state index >= 15 is 0 Å². The molecule has 1 rings (SSSR count). The summed E-state index contributed by atoms with van der Waals surface area (Å²) in [6.45, 7) is 0. The summed E-state index contributed by atoms with van der Waals surface area (Å²) in [5.74, 6) is -2.81. The van der Waals surface area contributed by atoms with Crippen LogP contribution in [-0.4, -0.2) is 20.8 Å². The number of aliphatic carboxylic acids is 1. The number of alkyl halides is 3. The second-order valence-corrected chi connectivity index (χ2v) is 4.99. The maximum absolute atomic E-state index is 10.4. The number of diazo groups is 1. The zero-order valence-corrected chi connectivity index (χ0v) is 10.8. The van der Waals surface area contributed by atoms with E-state index < -0.39 is 15.7 Å². The lowest BCUT2D eigenvalue weighted by molar-refractivity contribution is -0.304. The molecule has 0 spiro atoms. The Hall–Kier alpha value is -1.55. The van der Waals surface area contributed by atoms with Gasteiger partial charge in [-0.25, -0.2) is 4.79 Å². The van der Waals surface area contributed by atoms with Crippen molar-refractivity contribution in [1.82, 2.24) is 0 Å². The van der Waals surface area contributed by atoms with Crippen molar-refractivity contribution in [2.45, 2.75) is 3.79 Å². The van der Waals surface area contributed by atoms with Gasteiger partial charge < -0.3 is 15.0 Å². The van der Waals surface area contributed by atoms with Crippen LogP contribution in [0.25, 0.3) is 4.98 Å². The average Bonchev–Trinajstić information content (AvgIpc) is 2.28. The van der Waals surface area contributed by atoms with Crippen LogP contribution in [0.2, 0.25) is 0 Å². The molecule has 0 amide bonds. The standard InChI is InChI=1S/C7H4N2O2.C2HCl3O2/c8-9-6-4-2-1-3-5(6)7(10)11;3-2(4,5)1(6)7/h1-4H;(H,6,7). The van der Waals surface area contributed by atoms with E-state index in [0.29, 0.717) is 0 Å². The Labute approximate surface area is 116 Å². The number of hydrogen-bond acceptors (Lipinski definition) is 4. The highest BCUT2D eigenvalue weighted by molar-refractivity contribution is 6.75. The number of rotatable bonds is 1. The molecule has 0 aromatic heterocycles. The van der Waals surface area contributed by atoms with Gasteiger partial charge in [0.2, 0.25) is 9.19 Å². The molecule has 18 heavy (non-hydrogen) atoms. The number of nitrogens with zero attached hydrogens (tertiary/aromatic N) is 2. The Morgan fingerprint density at radius 2 is 1.72 bits per heavy atom. The number of carboxylic acid groups (broad SMARTS) is 2. The molecule has 9 heteroatoms. The Morgan fingerprint density at radius 1 is 1.28 bits per heavy atom. The van der Waals surface area contributed by atoms with Crippen molar-refractivity contribution >= 4 is 52.4 Å². The average molecular weight is 312 g/mol. The van der Waals surface area contributed by atoms with E-state index in [-0.39, 0.29) is 11.3 Å². The zero-order chi connectivity index (χ0) is 14.3. The van der Waals surface area contributed by atoms with Gasteiger partial charge >= 0.3 is 11.7 Å². The number of benzene rings is 1. The van der Waals surface area contributed by atoms with Crippen molar-refractivity contribution in [3.63, 3.8) is 0 Å². The molecule has 6 nitrogen and oxygen atoms in total. The second-order valence-electron chi connectivity index (χ2n) is 2.71. The van der Waals surface area contributed by atoms with Crippen LogP contribution in [0.5, 0.6) is 0 Å². The van der Waals surface area contributed by atoms with E-state index in [1.165, 1.54) is 12.1 Å². The first-order chi connectivity index (χ1) is 8.20. The molecule has 1 N–H and O–H groups in total. The van der Waals surface area contributed by atoms with Crippen LogP contribution in [0.1, 0.15) is 10.4 Å². The first-order valence-corrected chi connectivity index (χ1v) is 5.29. The van der Waals surface area contributed by atoms with Gasteiger partial charge in [-0.3, -0.25) is 0 Å². The molecule has 0 aliphatic heterocycles. The first-order valence-electron chi connectivity index (χ1n) is 4.15. The molecule has 0 aliphatic carbocycles. The molecule has 96 valence electrons. The summed E-state index contributed by atoms with van der Waals surface area (Å²) in [6.07, 6.45) is 0. The fourth-order valence-electron chi connectivity index (χ4n) is 0.742. The molecular weight excluding hydrogens is 306 g/mol. The zero-order valence-electron chi connectivity index (χ0n) is 8.51. The van der Waals surface area contributed by atoms with Crippen LogP contribution >= 0.6 is 34.8 Å². The molecule has 0 heterocycles. The van der Waals surface area contributed by atoms with E-state index in [0.717, 1.165) is 0 Å². The molecule has 0 unspecified atom stereocenters. The summed E-state index contributed by atoms with van der Waals surface area (Å²) < 4.78 is -2.28. The van der Waals surface area contributed by atoms with Gasteiger partial charge in [-0.05, 0) is 6.07 Å². The van der Waals surface area contributed by atoms with Gasteiger partial charge in [0, 0.05) is 6.07 Å². The molecule has 0 fully saturated rings. The number of carbonyl (C=O) groups is 2. The minimum absolute atomic E-state index is 0.00463. The van der Waals surface area contributed by atoms with Crippen molar-refractivity contribution in [2.75, 3.05) is 0 Å². The van der Waals surface area contributed by atoms with Crippen LogP contribution in [0.3, 0.4) is 0 Å². The monoisotopic (exact) mass is 310 g/mol. The minimum Gasteiger partial charge on any atom is -0.545 e. The fourth-order valence-corrected chi connectivity index (χ4v) is 0.742. The van der Waals surface area contributed by atoms with Gasteiger partial charge in [0.25, 0.3) is 0 Å². The SMILES string of the molecule is N#[N+]c1ccccc1C(=O)O.O=C([O-])C(Cl)(Cl)Cl. The largest absolute Gasteiger partial charge is 0.545 e. The Balaban J connectivity index is 0.000000360. The lowest BCUT2D eigenvalue weighted by Gasteiger charge is -2.09. The lowest BCUT2D eigenvalue weighted by atomic mass is 10.2. The number of carboxylic acids is 2. The van der Waals surface area contributed by atoms with Crippen molar-refractivity contribution in [2.24, 2.45) is 0 Å². The van der Waals surface area contributed by atoms with E-state index in [1.807, 2.05) is 0 Å². The molecule has 0 radical (unpaired) electrons. The molecule has 0 saturated carbocycles. The van der Waals surface area contributed by atoms with E-state index in [9.17, 15) is 14.7 Å². The van der Waals surface area contributed by atoms with E-state index in [1.54, 1.807) is 12.1 Å². The van der Waals surface area contributed by atoms with Gasteiger partial charge in [0.05, 0.1) is 5.97 Å². The molecule has 1 aromatic carbocycles. The topological polar surface area (TPSA) is 106 Å². The summed E-state index contributed by atoms with van der Waals surface area (Å²) >= 11 is 14.2. The number of hydrogen-bond donors (Lipinski definition) is 1. The van der Waals surface area contributed by atoms with Gasteiger partial charge in [0.1, 0.15) is 0 Å². The van der Waals surface area contributed by atoms with E-state index in [4.69, 9.17) is 45.3 Å². The van der Waals surface area contributed by atoms with Gasteiger partial charge in [-0.15, -0.1) is 0 Å². The van der Waals surface area contributed by atoms with Crippen LogP contribution < -0.4 is 5.11 Å². The predicted octanol–water partition coefficient (Wildman–Crippen LogP) is 1.98. The van der Waals surface area contributed by atoms with Gasteiger partial charge in [-0.2, -0.15) is 0 Å². The molecule has 0 saturated heterocycles. The first kappa shape index (κ1) is 16.4. The Bertz CT molecular complexity index is 493. The minimum atomic E-state index is -2.28. The van der Waals surface area contributed by atoms with Crippen LogP contribution in [0.15, 0.2) is 24.3 Å². The Morgan fingerprint density at radius 3 is 2.00 bits per heavy atom. The molecule has 0 bridgehead atoms. The third kappa shape index (κ3) is 5.68. The third-order valence-corrected chi connectivity index (χ3v) is 1.94. The number of aromatic carboxylic acids is 1. The quantitative estimate of drug-likeness (QED) is 0.630. The van der Waals surface area contributed by atoms with Crippen molar-refractivity contribution in [3.8, 4) is 0 Å². The van der Waals surface area contributed by atoms with Crippen molar-refractivity contribution in [1.29, 1.82) is 5.39 Å². The summed E-state index contributed by atoms with van der Waals surface area (Å²) in [5.41, 5.74) is 0.0648. The van der Waals surface area contributed by atoms with Crippen LogP contribution in [-0.2, 0) is 4.79 Å². The molecule has 1 aromatic rings. The van der Waals surface area contributed by atoms with Crippen LogP contribution in [0, 0.1) is 5.39 Å². The predicted molar refractivity (Wildman–Crippen MR) is 63.4 cm³/mol. The van der Waals surface area contributed by atoms with Crippen molar-refractivity contribution in [3.05, 3.63) is 34.8 Å². The summed E-state index contributed by atoms with van der Waals surface area (Å²) in [4.78, 5) is 22.7. The summed E-state index contributed by atoms with van der Waals surface area (Å²) in [6, 6.07) is 5.96. The van der Waals surface area contributed by atoms with Crippen LogP contribution in [0.4, 0.5) is 5.69 Å². The molecule has 0 aliphatic rings. The molecular formula is C9H5Cl3N2O4. The van der Waals surface area contributed by atoms with Crippen molar-refractivity contribution < 1.29 is 19.8 Å². The highest BCUT2D eigenvalue weighted by atomic mass is 35.6. The smallest absolute Gasteiger partial charge is 0.399 e.